The molecule has 8 saturated carbocycles. The number of hydrogen-bond acceptors (Lipinski definition) is 3. The first kappa shape index (κ1) is 16.2. The fourth-order valence-electron chi connectivity index (χ4n) is 8.85. The zero-order valence-electron chi connectivity index (χ0n) is 15.6. The molecule has 8 aliphatic rings. The fourth-order valence-corrected chi connectivity index (χ4v) is 8.85. The van der Waals surface area contributed by atoms with Crippen molar-refractivity contribution in [3.8, 4) is 0 Å². The minimum absolute atomic E-state index is 0.0155. The predicted octanol–water partition coefficient (Wildman–Crippen LogP) is 1.98. The molecule has 26 heavy (non-hydrogen) atoms. The van der Waals surface area contributed by atoms with Gasteiger partial charge in [-0.1, -0.05) is 0 Å². The third-order valence-corrected chi connectivity index (χ3v) is 9.15. The fraction of sp³-hybridized carbons (Fsp3) is 0.952. The van der Waals surface area contributed by atoms with E-state index in [1.807, 2.05) is 0 Å². The van der Waals surface area contributed by atoms with E-state index in [0.29, 0.717) is 41.5 Å². The highest BCUT2D eigenvalue weighted by molar-refractivity contribution is 5.77. The Morgan fingerprint density at radius 3 is 1.31 bits per heavy atom. The zero-order valence-corrected chi connectivity index (χ0v) is 15.6. The van der Waals surface area contributed by atoms with Crippen molar-refractivity contribution in [2.45, 2.75) is 87.5 Å². The molecule has 0 aromatic heterocycles. The minimum atomic E-state index is -0.621. The van der Waals surface area contributed by atoms with Gasteiger partial charge in [-0.15, -0.1) is 0 Å². The van der Waals surface area contributed by atoms with E-state index in [0.717, 1.165) is 25.7 Å². The Kier molecular flexibility index (Phi) is 3.21. The quantitative estimate of drug-likeness (QED) is 0.385. The number of nitrogens with one attached hydrogen (secondary N) is 3. The summed E-state index contributed by atoms with van der Waals surface area (Å²) >= 11 is 0. The van der Waals surface area contributed by atoms with E-state index in [4.69, 9.17) is 5.41 Å². The molecule has 0 spiro atoms. The van der Waals surface area contributed by atoms with Gasteiger partial charge in [-0.3, -0.25) is 5.41 Å². The van der Waals surface area contributed by atoms with Crippen molar-refractivity contribution in [1.82, 2.24) is 10.6 Å². The van der Waals surface area contributed by atoms with Crippen LogP contribution in [-0.4, -0.2) is 39.5 Å². The lowest BCUT2D eigenvalue weighted by molar-refractivity contribution is -0.149. The van der Waals surface area contributed by atoms with Crippen LogP contribution in [0.5, 0.6) is 0 Å². The van der Waals surface area contributed by atoms with Crippen molar-refractivity contribution < 1.29 is 10.2 Å². The van der Waals surface area contributed by atoms with Gasteiger partial charge in [-0.2, -0.15) is 0 Å². The van der Waals surface area contributed by atoms with E-state index in [1.165, 1.54) is 38.5 Å². The second-order valence-corrected chi connectivity index (χ2v) is 11.0. The second-order valence-electron chi connectivity index (χ2n) is 11.0. The van der Waals surface area contributed by atoms with Gasteiger partial charge >= 0.3 is 0 Å². The summed E-state index contributed by atoms with van der Waals surface area (Å²) in [4.78, 5) is 0. The number of guanidine groups is 1. The van der Waals surface area contributed by atoms with E-state index in [9.17, 15) is 10.2 Å². The van der Waals surface area contributed by atoms with E-state index in [2.05, 4.69) is 10.6 Å². The normalized spacial score (nSPS) is 58.8. The maximum absolute atomic E-state index is 11.2. The second kappa shape index (κ2) is 5.16. The standard InChI is InChI=1S/C21H33N3O2/c22-19(23-17-15-3-11-1-12(4-15)8-20(17,25)7-11)24-18-16-5-13-2-14(6-16)10-21(18,26)9-13/h11-18,25-26H,1-10H2,(H3,22,23,24). The van der Waals surface area contributed by atoms with Crippen molar-refractivity contribution in [2.75, 3.05) is 0 Å². The Hall–Kier alpha value is -0.810. The van der Waals surface area contributed by atoms with Gasteiger partial charge in [0.15, 0.2) is 5.96 Å². The van der Waals surface area contributed by atoms with Crippen LogP contribution in [0.25, 0.3) is 0 Å². The Morgan fingerprint density at radius 2 is 1.00 bits per heavy atom. The molecule has 6 unspecified atom stereocenters. The van der Waals surface area contributed by atoms with E-state index in [-0.39, 0.29) is 12.1 Å². The summed E-state index contributed by atoms with van der Waals surface area (Å²) in [5, 5.41) is 37.8. The lowest BCUT2D eigenvalue weighted by Gasteiger charge is -2.60. The van der Waals surface area contributed by atoms with Crippen molar-refractivity contribution in [3.63, 3.8) is 0 Å². The highest BCUT2D eigenvalue weighted by atomic mass is 16.3. The van der Waals surface area contributed by atoms with Crippen LogP contribution >= 0.6 is 0 Å². The monoisotopic (exact) mass is 359 g/mol. The highest BCUT2D eigenvalue weighted by Gasteiger charge is 2.58. The van der Waals surface area contributed by atoms with Crippen LogP contribution in [0.2, 0.25) is 0 Å². The van der Waals surface area contributed by atoms with Crippen LogP contribution in [0.3, 0.4) is 0 Å². The predicted molar refractivity (Wildman–Crippen MR) is 98.6 cm³/mol. The van der Waals surface area contributed by atoms with E-state index in [1.54, 1.807) is 0 Å². The molecule has 0 saturated heterocycles. The summed E-state index contributed by atoms with van der Waals surface area (Å²) < 4.78 is 0. The molecule has 0 amide bonds. The molecule has 0 aromatic rings. The van der Waals surface area contributed by atoms with Crippen LogP contribution < -0.4 is 10.6 Å². The highest BCUT2D eigenvalue weighted by Crippen LogP contribution is 2.57. The summed E-state index contributed by atoms with van der Waals surface area (Å²) in [7, 11) is 0. The van der Waals surface area contributed by atoms with Crippen LogP contribution in [0, 0.1) is 40.9 Å². The van der Waals surface area contributed by atoms with Crippen LogP contribution in [-0.2, 0) is 0 Å². The SMILES string of the molecule is N=C(NC1C2CC3CC(C2)CC1(O)C3)NC1C2CC3CC(C2)CC1(O)C3. The summed E-state index contributed by atoms with van der Waals surface area (Å²) in [5.74, 6) is 4.14. The van der Waals surface area contributed by atoms with Crippen LogP contribution in [0.15, 0.2) is 0 Å². The van der Waals surface area contributed by atoms with Gasteiger partial charge < -0.3 is 20.8 Å². The Balaban J connectivity index is 1.17. The first-order valence-corrected chi connectivity index (χ1v) is 11.0. The summed E-state index contributed by atoms with van der Waals surface area (Å²) in [5.41, 5.74) is -1.24. The number of aliphatic hydroxyl groups is 2. The smallest absolute Gasteiger partial charge is 0.189 e. The molecule has 0 radical (unpaired) electrons. The van der Waals surface area contributed by atoms with Gasteiger partial charge in [0.2, 0.25) is 0 Å². The van der Waals surface area contributed by atoms with E-state index >= 15 is 0 Å². The molecule has 0 aromatic carbocycles. The third kappa shape index (κ3) is 2.25. The maximum Gasteiger partial charge on any atom is 0.189 e. The largest absolute Gasteiger partial charge is 0.388 e. The summed E-state index contributed by atoms with van der Waals surface area (Å²) in [6.07, 6.45) is 11.1. The average molecular weight is 360 g/mol. The maximum atomic E-state index is 11.2. The van der Waals surface area contributed by atoms with Crippen molar-refractivity contribution in [1.29, 1.82) is 5.41 Å². The first-order valence-electron chi connectivity index (χ1n) is 11.0. The molecule has 144 valence electrons. The molecule has 8 bridgehead atoms. The topological polar surface area (TPSA) is 88.4 Å². The van der Waals surface area contributed by atoms with Gasteiger partial charge in [0.25, 0.3) is 0 Å². The van der Waals surface area contributed by atoms with Gasteiger partial charge in [-0.05, 0) is 99.7 Å². The molecule has 0 aliphatic heterocycles. The molecule has 5 N–H and O–H groups in total. The van der Waals surface area contributed by atoms with Crippen molar-refractivity contribution >= 4 is 5.96 Å². The van der Waals surface area contributed by atoms with Crippen molar-refractivity contribution in [3.05, 3.63) is 0 Å². The number of rotatable bonds is 2. The molecule has 5 nitrogen and oxygen atoms in total. The lowest BCUT2D eigenvalue weighted by Crippen LogP contribution is -2.70. The lowest BCUT2D eigenvalue weighted by atomic mass is 9.52. The molecule has 0 heterocycles. The Labute approximate surface area is 155 Å². The van der Waals surface area contributed by atoms with Gasteiger partial charge in [0, 0.05) is 0 Å². The number of hydrogen-bond donors (Lipinski definition) is 5. The van der Waals surface area contributed by atoms with Crippen LogP contribution in [0.1, 0.15) is 64.2 Å². The third-order valence-electron chi connectivity index (χ3n) is 9.15. The van der Waals surface area contributed by atoms with Gasteiger partial charge in [0.1, 0.15) is 0 Å². The first-order chi connectivity index (χ1) is 12.4. The zero-order chi connectivity index (χ0) is 17.7. The molecular formula is C21H33N3O2. The summed E-state index contributed by atoms with van der Waals surface area (Å²) in [6.45, 7) is 0. The Morgan fingerprint density at radius 1 is 0.654 bits per heavy atom. The summed E-state index contributed by atoms with van der Waals surface area (Å²) in [6, 6.07) is 0.0311. The van der Waals surface area contributed by atoms with Crippen LogP contribution in [0.4, 0.5) is 0 Å². The van der Waals surface area contributed by atoms with Gasteiger partial charge in [-0.25, -0.2) is 0 Å². The molecule has 8 rings (SSSR count). The van der Waals surface area contributed by atoms with Crippen molar-refractivity contribution in [2.24, 2.45) is 35.5 Å². The molecule has 5 heteroatoms. The molecule has 6 atom stereocenters. The van der Waals surface area contributed by atoms with E-state index < -0.39 is 11.2 Å². The average Bonchev–Trinajstić information content (AvgIpc) is 2.52. The molecule has 8 aliphatic carbocycles. The van der Waals surface area contributed by atoms with Gasteiger partial charge in [0.05, 0.1) is 23.3 Å². The minimum Gasteiger partial charge on any atom is -0.388 e. The molecule has 8 fully saturated rings. The Bertz CT molecular complexity index is 557. The molecular weight excluding hydrogens is 326 g/mol.